The topological polar surface area (TPSA) is 12.0 Å². The SMILES string of the molecule is C[Si](C)(Cl)NCl. The molecule has 0 amide bonds. The molecule has 0 bridgehead atoms. The molecule has 0 unspecified atom stereocenters. The Kier molecular flexibility index (Phi) is 2.44. The summed E-state index contributed by atoms with van der Waals surface area (Å²) in [5, 5.41) is 0. The van der Waals surface area contributed by atoms with E-state index in [0.29, 0.717) is 0 Å². The summed E-state index contributed by atoms with van der Waals surface area (Å²) in [6.07, 6.45) is 0. The molecule has 0 saturated heterocycles. The largest absolute Gasteiger partial charge is 0.240 e. The maximum absolute atomic E-state index is 5.61. The number of halogens is 2. The first kappa shape index (κ1) is 6.76. The van der Waals surface area contributed by atoms with Crippen LogP contribution in [0.15, 0.2) is 0 Å². The van der Waals surface area contributed by atoms with Crippen LogP contribution < -0.4 is 4.50 Å². The van der Waals surface area contributed by atoms with Crippen molar-refractivity contribution in [2.45, 2.75) is 13.1 Å². The van der Waals surface area contributed by atoms with E-state index in [4.69, 9.17) is 22.9 Å². The van der Waals surface area contributed by atoms with Gasteiger partial charge in [0.05, 0.1) is 0 Å². The molecular formula is C2H7Cl2NSi. The zero-order valence-electron chi connectivity index (χ0n) is 3.76. The van der Waals surface area contributed by atoms with Crippen LogP contribution in [0.2, 0.25) is 13.1 Å². The molecule has 1 nitrogen and oxygen atoms in total. The Balaban J connectivity index is 3.17. The third-order valence-electron chi connectivity index (χ3n) is 0.225. The molecule has 0 aromatic heterocycles. The van der Waals surface area contributed by atoms with Crippen molar-refractivity contribution in [3.63, 3.8) is 0 Å². The van der Waals surface area contributed by atoms with Gasteiger partial charge >= 0.3 is 0 Å². The third-order valence-corrected chi connectivity index (χ3v) is 2.67. The fraction of sp³-hybridized carbons (Fsp3) is 1.00. The van der Waals surface area contributed by atoms with Crippen molar-refractivity contribution >= 4 is 30.4 Å². The zero-order chi connectivity index (χ0) is 5.21. The van der Waals surface area contributed by atoms with E-state index in [1.54, 1.807) is 0 Å². The molecule has 0 heterocycles. The summed E-state index contributed by atoms with van der Waals surface area (Å²) >= 11 is 10.8. The van der Waals surface area contributed by atoms with Gasteiger partial charge in [-0.3, -0.25) is 0 Å². The molecule has 0 aliphatic heterocycles. The Labute approximate surface area is 48.5 Å². The minimum Gasteiger partial charge on any atom is -0.240 e. The van der Waals surface area contributed by atoms with Crippen LogP contribution in [-0.2, 0) is 0 Å². The van der Waals surface area contributed by atoms with Crippen molar-refractivity contribution in [3.8, 4) is 0 Å². The van der Waals surface area contributed by atoms with Crippen molar-refractivity contribution in [2.75, 3.05) is 0 Å². The molecule has 38 valence electrons. The molecule has 0 aromatic carbocycles. The van der Waals surface area contributed by atoms with E-state index in [1.165, 1.54) is 0 Å². The van der Waals surface area contributed by atoms with Gasteiger partial charge in [-0.15, -0.1) is 11.1 Å². The standard InChI is InChI=1S/C2H7Cl2NSi/c1-6(2,4)5-3/h5H,1-2H3. The number of hydrogen-bond acceptors (Lipinski definition) is 1. The average molecular weight is 144 g/mol. The van der Waals surface area contributed by atoms with E-state index < -0.39 is 7.55 Å². The van der Waals surface area contributed by atoms with Gasteiger partial charge in [0.25, 0.3) is 0 Å². The molecule has 0 atom stereocenters. The van der Waals surface area contributed by atoms with Crippen LogP contribution in [0, 0.1) is 0 Å². The Morgan fingerprint density at radius 3 is 1.67 bits per heavy atom. The summed E-state index contributed by atoms with van der Waals surface area (Å²) < 4.78 is 2.48. The average Bonchev–Trinajstić information content (AvgIpc) is 1.35. The second kappa shape index (κ2) is 2.16. The summed E-state index contributed by atoms with van der Waals surface area (Å²) in [5.41, 5.74) is 0. The molecule has 0 rings (SSSR count). The van der Waals surface area contributed by atoms with E-state index >= 15 is 0 Å². The normalized spacial score (nSPS) is 12.0. The molecule has 0 saturated carbocycles. The Hall–Kier alpha value is 0.757. The van der Waals surface area contributed by atoms with Crippen LogP contribution in [0.3, 0.4) is 0 Å². The zero-order valence-corrected chi connectivity index (χ0v) is 6.27. The summed E-state index contributed by atoms with van der Waals surface area (Å²) in [5.74, 6) is 0. The Morgan fingerprint density at radius 2 is 1.67 bits per heavy atom. The first-order chi connectivity index (χ1) is 2.56. The van der Waals surface area contributed by atoms with Crippen LogP contribution in [0.25, 0.3) is 0 Å². The smallest absolute Gasteiger partial charge is 0.234 e. The van der Waals surface area contributed by atoms with Crippen molar-refractivity contribution < 1.29 is 0 Å². The van der Waals surface area contributed by atoms with Gasteiger partial charge in [0, 0.05) is 0 Å². The van der Waals surface area contributed by atoms with Gasteiger partial charge in [-0.05, 0) is 24.9 Å². The maximum Gasteiger partial charge on any atom is 0.234 e. The Morgan fingerprint density at radius 1 is 1.50 bits per heavy atom. The predicted octanol–water partition coefficient (Wildman–Crippen LogP) is 1.67. The lowest BCUT2D eigenvalue weighted by atomic mass is 11.9. The van der Waals surface area contributed by atoms with E-state index in [1.807, 2.05) is 13.1 Å². The first-order valence-corrected chi connectivity index (χ1v) is 6.02. The highest BCUT2D eigenvalue weighted by Gasteiger charge is 2.13. The lowest BCUT2D eigenvalue weighted by Gasteiger charge is -2.05. The third kappa shape index (κ3) is 4.76. The minimum atomic E-state index is -1.64. The molecule has 6 heavy (non-hydrogen) atoms. The van der Waals surface area contributed by atoms with Crippen LogP contribution >= 0.6 is 22.9 Å². The summed E-state index contributed by atoms with van der Waals surface area (Å²) in [7, 11) is -1.64. The van der Waals surface area contributed by atoms with Gasteiger partial charge in [0.2, 0.25) is 7.55 Å². The first-order valence-electron chi connectivity index (χ1n) is 1.63. The molecule has 0 aromatic rings. The molecule has 1 N–H and O–H groups in total. The van der Waals surface area contributed by atoms with Gasteiger partial charge in [0.1, 0.15) is 0 Å². The summed E-state index contributed by atoms with van der Waals surface area (Å²) in [4.78, 5) is 0. The number of hydrogen-bond donors (Lipinski definition) is 1. The van der Waals surface area contributed by atoms with Crippen LogP contribution in [-0.4, -0.2) is 7.55 Å². The lowest BCUT2D eigenvalue weighted by Crippen LogP contribution is -2.30. The van der Waals surface area contributed by atoms with Crippen molar-refractivity contribution in [3.05, 3.63) is 0 Å². The van der Waals surface area contributed by atoms with E-state index in [0.717, 1.165) is 0 Å². The fourth-order valence-electron chi connectivity index (χ4n) is 0. The minimum absolute atomic E-state index is 1.64. The lowest BCUT2D eigenvalue weighted by molar-refractivity contribution is 1.51. The summed E-state index contributed by atoms with van der Waals surface area (Å²) in [6.45, 7) is 3.81. The van der Waals surface area contributed by atoms with Crippen molar-refractivity contribution in [1.82, 2.24) is 4.50 Å². The molecule has 0 spiro atoms. The highest BCUT2D eigenvalue weighted by molar-refractivity contribution is 7.19. The Bertz CT molecular complexity index is 41.3. The van der Waals surface area contributed by atoms with E-state index in [9.17, 15) is 0 Å². The van der Waals surface area contributed by atoms with Gasteiger partial charge in [-0.25, -0.2) is 4.50 Å². The van der Waals surface area contributed by atoms with Gasteiger partial charge in [0.15, 0.2) is 0 Å². The highest BCUT2D eigenvalue weighted by Crippen LogP contribution is 2.01. The maximum atomic E-state index is 5.61. The second-order valence-electron chi connectivity index (χ2n) is 1.57. The van der Waals surface area contributed by atoms with Gasteiger partial charge in [-0.2, -0.15) is 0 Å². The second-order valence-corrected chi connectivity index (χ2v) is 8.10. The molecule has 4 heteroatoms. The van der Waals surface area contributed by atoms with Crippen molar-refractivity contribution in [1.29, 1.82) is 0 Å². The van der Waals surface area contributed by atoms with E-state index in [-0.39, 0.29) is 0 Å². The molecule has 0 fully saturated rings. The van der Waals surface area contributed by atoms with Crippen LogP contribution in [0.5, 0.6) is 0 Å². The molecule has 0 radical (unpaired) electrons. The van der Waals surface area contributed by atoms with Crippen LogP contribution in [0.1, 0.15) is 0 Å². The van der Waals surface area contributed by atoms with Crippen molar-refractivity contribution in [2.24, 2.45) is 0 Å². The fourth-order valence-corrected chi connectivity index (χ4v) is 0. The quantitative estimate of drug-likeness (QED) is 0.335. The van der Waals surface area contributed by atoms with E-state index in [2.05, 4.69) is 4.50 Å². The number of nitrogens with one attached hydrogen (secondary N) is 1. The monoisotopic (exact) mass is 143 g/mol. The highest BCUT2D eigenvalue weighted by atomic mass is 35.6. The number of rotatable bonds is 1. The molecule has 0 aliphatic rings. The molecule has 0 aliphatic carbocycles. The summed E-state index contributed by atoms with van der Waals surface area (Å²) in [6, 6.07) is 0. The van der Waals surface area contributed by atoms with Gasteiger partial charge in [-0.1, -0.05) is 0 Å². The van der Waals surface area contributed by atoms with Crippen LogP contribution in [0.4, 0.5) is 0 Å². The predicted molar refractivity (Wildman–Crippen MR) is 32.3 cm³/mol. The molecular weight excluding hydrogens is 137 g/mol. The van der Waals surface area contributed by atoms with Gasteiger partial charge < -0.3 is 0 Å².